The fraction of sp³-hybridized carbons (Fsp3) is 0.500. The summed E-state index contributed by atoms with van der Waals surface area (Å²) in [4.78, 5) is 0. The standard InChI is InChI=1S/C14H21N3O/c1-3-17-14-7-5-4-6-12(14)13(16-17)10-15-9-8-11(2)18/h4-7,11,15,18H,3,8-10H2,1-2H3. The van der Waals surface area contributed by atoms with Gasteiger partial charge in [0.1, 0.15) is 0 Å². The number of rotatable bonds is 6. The molecule has 0 aliphatic rings. The molecule has 1 heterocycles. The van der Waals surface area contributed by atoms with Crippen molar-refractivity contribution in [1.82, 2.24) is 15.1 Å². The first-order valence-corrected chi connectivity index (χ1v) is 6.55. The molecule has 0 aliphatic carbocycles. The second kappa shape index (κ2) is 5.98. The Morgan fingerprint density at radius 2 is 2.17 bits per heavy atom. The zero-order valence-electron chi connectivity index (χ0n) is 11.1. The summed E-state index contributed by atoms with van der Waals surface area (Å²) in [5.41, 5.74) is 2.27. The number of para-hydroxylation sites is 1. The normalized spacial score (nSPS) is 13.1. The monoisotopic (exact) mass is 247 g/mol. The molecule has 98 valence electrons. The van der Waals surface area contributed by atoms with E-state index < -0.39 is 0 Å². The highest BCUT2D eigenvalue weighted by Crippen LogP contribution is 2.18. The summed E-state index contributed by atoms with van der Waals surface area (Å²) < 4.78 is 2.03. The average Bonchev–Trinajstić information content (AvgIpc) is 2.73. The second-order valence-electron chi connectivity index (χ2n) is 4.59. The molecule has 0 aliphatic heterocycles. The SMILES string of the molecule is CCn1nc(CNCCC(C)O)c2ccccc21. The second-order valence-corrected chi connectivity index (χ2v) is 4.59. The van der Waals surface area contributed by atoms with Crippen molar-refractivity contribution >= 4 is 10.9 Å². The Hall–Kier alpha value is -1.39. The minimum absolute atomic E-state index is 0.248. The van der Waals surface area contributed by atoms with Crippen LogP contribution in [-0.4, -0.2) is 27.5 Å². The van der Waals surface area contributed by atoms with Crippen molar-refractivity contribution in [3.8, 4) is 0 Å². The van der Waals surface area contributed by atoms with Gasteiger partial charge in [0.05, 0.1) is 17.3 Å². The van der Waals surface area contributed by atoms with Crippen molar-refractivity contribution in [1.29, 1.82) is 0 Å². The Morgan fingerprint density at radius 1 is 1.39 bits per heavy atom. The highest BCUT2D eigenvalue weighted by Gasteiger charge is 2.08. The first-order valence-electron chi connectivity index (χ1n) is 6.55. The number of aromatic nitrogens is 2. The zero-order chi connectivity index (χ0) is 13.0. The number of hydrogen-bond donors (Lipinski definition) is 2. The molecule has 0 bridgehead atoms. The summed E-state index contributed by atoms with van der Waals surface area (Å²) in [6, 6.07) is 8.30. The molecule has 0 saturated heterocycles. The van der Waals surface area contributed by atoms with Crippen LogP contribution in [0.2, 0.25) is 0 Å². The smallest absolute Gasteiger partial charge is 0.0841 e. The molecule has 2 N–H and O–H groups in total. The van der Waals surface area contributed by atoms with Crippen molar-refractivity contribution in [3.05, 3.63) is 30.0 Å². The fourth-order valence-corrected chi connectivity index (χ4v) is 2.09. The predicted molar refractivity (Wildman–Crippen MR) is 73.4 cm³/mol. The maximum absolute atomic E-state index is 9.20. The number of fused-ring (bicyclic) bond motifs is 1. The van der Waals surface area contributed by atoms with Crippen LogP contribution >= 0.6 is 0 Å². The van der Waals surface area contributed by atoms with Gasteiger partial charge < -0.3 is 10.4 Å². The van der Waals surface area contributed by atoms with E-state index in [1.54, 1.807) is 0 Å². The van der Waals surface area contributed by atoms with E-state index in [4.69, 9.17) is 0 Å². The van der Waals surface area contributed by atoms with Gasteiger partial charge in [-0.05, 0) is 32.9 Å². The van der Waals surface area contributed by atoms with E-state index in [2.05, 4.69) is 29.5 Å². The quantitative estimate of drug-likeness (QED) is 0.767. The lowest BCUT2D eigenvalue weighted by molar-refractivity contribution is 0.183. The molecule has 2 rings (SSSR count). The largest absolute Gasteiger partial charge is 0.393 e. The van der Waals surface area contributed by atoms with Crippen molar-refractivity contribution < 1.29 is 5.11 Å². The molecule has 0 radical (unpaired) electrons. The molecule has 4 nitrogen and oxygen atoms in total. The van der Waals surface area contributed by atoms with Crippen molar-refractivity contribution in [2.45, 2.75) is 39.5 Å². The van der Waals surface area contributed by atoms with E-state index in [9.17, 15) is 5.11 Å². The first-order chi connectivity index (χ1) is 8.72. The van der Waals surface area contributed by atoms with E-state index in [0.717, 1.165) is 31.7 Å². The number of aryl methyl sites for hydroxylation is 1. The minimum atomic E-state index is -0.248. The Morgan fingerprint density at radius 3 is 2.89 bits per heavy atom. The molecule has 1 atom stereocenters. The Balaban J connectivity index is 2.08. The van der Waals surface area contributed by atoms with Gasteiger partial charge in [-0.3, -0.25) is 4.68 Å². The van der Waals surface area contributed by atoms with Gasteiger partial charge in [-0.25, -0.2) is 0 Å². The van der Waals surface area contributed by atoms with E-state index >= 15 is 0 Å². The van der Waals surface area contributed by atoms with E-state index in [1.807, 2.05) is 23.7 Å². The van der Waals surface area contributed by atoms with Crippen molar-refractivity contribution in [2.75, 3.05) is 6.54 Å². The Kier molecular flexibility index (Phi) is 4.33. The molecule has 4 heteroatoms. The van der Waals surface area contributed by atoms with E-state index in [-0.39, 0.29) is 6.10 Å². The Labute approximate surface area is 108 Å². The van der Waals surface area contributed by atoms with Crippen molar-refractivity contribution in [3.63, 3.8) is 0 Å². The number of nitrogens with zero attached hydrogens (tertiary/aromatic N) is 2. The van der Waals surface area contributed by atoms with Gasteiger partial charge in [-0.15, -0.1) is 0 Å². The summed E-state index contributed by atoms with van der Waals surface area (Å²) in [5, 5.41) is 18.4. The van der Waals surface area contributed by atoms with Crippen LogP contribution in [-0.2, 0) is 13.1 Å². The molecule has 0 saturated carbocycles. The molecule has 18 heavy (non-hydrogen) atoms. The third-order valence-corrected chi connectivity index (χ3v) is 3.07. The third kappa shape index (κ3) is 2.89. The number of hydrogen-bond acceptors (Lipinski definition) is 3. The van der Waals surface area contributed by atoms with Gasteiger partial charge >= 0.3 is 0 Å². The van der Waals surface area contributed by atoms with Crippen molar-refractivity contribution in [2.24, 2.45) is 0 Å². The van der Waals surface area contributed by atoms with Gasteiger partial charge in [0.15, 0.2) is 0 Å². The van der Waals surface area contributed by atoms with Gasteiger partial charge in [0.25, 0.3) is 0 Å². The topological polar surface area (TPSA) is 50.1 Å². The first kappa shape index (κ1) is 13.1. The third-order valence-electron chi connectivity index (χ3n) is 3.07. The lowest BCUT2D eigenvalue weighted by Gasteiger charge is -2.04. The molecule has 0 fully saturated rings. The molecular formula is C14H21N3O. The van der Waals surface area contributed by atoms with Crippen LogP contribution in [0.3, 0.4) is 0 Å². The lowest BCUT2D eigenvalue weighted by atomic mass is 10.2. The highest BCUT2D eigenvalue weighted by atomic mass is 16.3. The van der Waals surface area contributed by atoms with Gasteiger partial charge in [-0.2, -0.15) is 5.10 Å². The maximum atomic E-state index is 9.20. The zero-order valence-corrected chi connectivity index (χ0v) is 11.1. The molecule has 0 spiro atoms. The fourth-order valence-electron chi connectivity index (χ4n) is 2.09. The van der Waals surface area contributed by atoms with Crippen LogP contribution < -0.4 is 5.32 Å². The number of nitrogens with one attached hydrogen (secondary N) is 1. The predicted octanol–water partition coefficient (Wildman–Crippen LogP) is 1.92. The molecule has 1 aromatic heterocycles. The van der Waals surface area contributed by atoms with Gasteiger partial charge in [0, 0.05) is 18.5 Å². The summed E-state index contributed by atoms with van der Waals surface area (Å²) in [6.07, 6.45) is 0.523. The maximum Gasteiger partial charge on any atom is 0.0841 e. The molecule has 1 unspecified atom stereocenters. The Bertz CT molecular complexity index is 505. The van der Waals surface area contributed by atoms with Crippen LogP contribution in [0.4, 0.5) is 0 Å². The molecule has 2 aromatic rings. The summed E-state index contributed by atoms with van der Waals surface area (Å²) >= 11 is 0. The minimum Gasteiger partial charge on any atom is -0.393 e. The number of benzene rings is 1. The summed E-state index contributed by atoms with van der Waals surface area (Å²) in [7, 11) is 0. The summed E-state index contributed by atoms with van der Waals surface area (Å²) in [5.74, 6) is 0. The van der Waals surface area contributed by atoms with Crippen LogP contribution in [0.1, 0.15) is 26.0 Å². The number of aliphatic hydroxyl groups is 1. The van der Waals surface area contributed by atoms with Crippen LogP contribution in [0, 0.1) is 0 Å². The van der Waals surface area contributed by atoms with Crippen LogP contribution in [0.5, 0.6) is 0 Å². The van der Waals surface area contributed by atoms with Gasteiger partial charge in [-0.1, -0.05) is 18.2 Å². The van der Waals surface area contributed by atoms with Crippen LogP contribution in [0.25, 0.3) is 10.9 Å². The highest BCUT2D eigenvalue weighted by molar-refractivity contribution is 5.81. The molecule has 0 amide bonds. The molecular weight excluding hydrogens is 226 g/mol. The van der Waals surface area contributed by atoms with E-state index in [0.29, 0.717) is 0 Å². The molecule has 1 aromatic carbocycles. The summed E-state index contributed by atoms with van der Waals surface area (Å²) in [6.45, 7) is 6.35. The number of aliphatic hydroxyl groups excluding tert-OH is 1. The van der Waals surface area contributed by atoms with E-state index in [1.165, 1.54) is 10.9 Å². The van der Waals surface area contributed by atoms with Crippen LogP contribution in [0.15, 0.2) is 24.3 Å². The van der Waals surface area contributed by atoms with Gasteiger partial charge in [0.2, 0.25) is 0 Å². The lowest BCUT2D eigenvalue weighted by Crippen LogP contribution is -2.19. The average molecular weight is 247 g/mol.